The van der Waals surface area contributed by atoms with E-state index >= 15 is 0 Å². The summed E-state index contributed by atoms with van der Waals surface area (Å²) in [6.07, 6.45) is 0.957. The van der Waals surface area contributed by atoms with E-state index in [2.05, 4.69) is 22.6 Å². The minimum Gasteiger partial charge on any atom is -0.495 e. The minimum atomic E-state index is -0.295. The lowest BCUT2D eigenvalue weighted by molar-refractivity contribution is 0.102. The van der Waals surface area contributed by atoms with Gasteiger partial charge in [0.2, 0.25) is 0 Å². The Morgan fingerprint density at radius 1 is 1.19 bits per heavy atom. The number of fused-ring (bicyclic) bond motifs is 1. The molecule has 0 radical (unpaired) electrons. The first-order valence-electron chi connectivity index (χ1n) is 8.13. The molecule has 1 N–H and O–H groups in total. The van der Waals surface area contributed by atoms with Crippen molar-refractivity contribution < 1.29 is 14.3 Å². The van der Waals surface area contributed by atoms with Gasteiger partial charge >= 0.3 is 0 Å². The van der Waals surface area contributed by atoms with Crippen molar-refractivity contribution in [3.05, 3.63) is 40.9 Å². The quantitative estimate of drug-likeness (QED) is 0.710. The van der Waals surface area contributed by atoms with E-state index in [-0.39, 0.29) is 5.91 Å². The zero-order valence-corrected chi connectivity index (χ0v) is 15.5. The maximum absolute atomic E-state index is 12.6. The van der Waals surface area contributed by atoms with E-state index in [1.165, 1.54) is 14.2 Å². The first-order valence-corrected chi connectivity index (χ1v) is 8.51. The fourth-order valence-corrected chi connectivity index (χ4v) is 2.88. The standard InChI is InChI=1S/C18H19ClN4O3/c1-4-7-23-15-6-5-11(8-13(15)21-22-23)18(24)20-14-9-12(19)16(25-2)10-17(14)26-3/h5-6,8-10H,4,7H2,1-3H3,(H,20,24). The van der Waals surface area contributed by atoms with Gasteiger partial charge in [0.15, 0.2) is 0 Å². The van der Waals surface area contributed by atoms with Crippen LogP contribution < -0.4 is 14.8 Å². The van der Waals surface area contributed by atoms with E-state index in [1.54, 1.807) is 24.3 Å². The van der Waals surface area contributed by atoms with Gasteiger partial charge in [0.05, 0.1) is 30.4 Å². The fraction of sp³-hybridized carbons (Fsp3) is 0.278. The Hall–Kier alpha value is -2.80. The van der Waals surface area contributed by atoms with Crippen LogP contribution in [0.3, 0.4) is 0 Å². The number of nitrogens with one attached hydrogen (secondary N) is 1. The normalized spacial score (nSPS) is 10.8. The van der Waals surface area contributed by atoms with Gasteiger partial charge in [0, 0.05) is 18.2 Å². The third-order valence-electron chi connectivity index (χ3n) is 3.93. The molecule has 0 unspecified atom stereocenters. The van der Waals surface area contributed by atoms with E-state index in [0.717, 1.165) is 18.5 Å². The highest BCUT2D eigenvalue weighted by molar-refractivity contribution is 6.32. The molecule has 0 saturated heterocycles. The van der Waals surface area contributed by atoms with Gasteiger partial charge in [-0.3, -0.25) is 4.79 Å². The molecule has 3 aromatic rings. The van der Waals surface area contributed by atoms with Crippen LogP contribution in [-0.2, 0) is 6.54 Å². The van der Waals surface area contributed by atoms with Crippen molar-refractivity contribution in [2.75, 3.05) is 19.5 Å². The number of halogens is 1. The highest BCUT2D eigenvalue weighted by Gasteiger charge is 2.15. The first kappa shape index (κ1) is 18.0. The summed E-state index contributed by atoms with van der Waals surface area (Å²) >= 11 is 6.15. The molecule has 1 amide bonds. The number of anilines is 1. The van der Waals surface area contributed by atoms with Crippen LogP contribution in [0.5, 0.6) is 11.5 Å². The number of aryl methyl sites for hydroxylation is 1. The fourth-order valence-electron chi connectivity index (χ4n) is 2.64. The van der Waals surface area contributed by atoms with Crippen molar-refractivity contribution in [1.29, 1.82) is 0 Å². The number of ether oxygens (including phenoxy) is 2. The van der Waals surface area contributed by atoms with Gasteiger partial charge in [-0.25, -0.2) is 4.68 Å². The average Bonchev–Trinajstić information content (AvgIpc) is 3.04. The van der Waals surface area contributed by atoms with E-state index < -0.39 is 0 Å². The number of hydrogen-bond acceptors (Lipinski definition) is 5. The molecule has 3 rings (SSSR count). The van der Waals surface area contributed by atoms with E-state index in [4.69, 9.17) is 21.1 Å². The van der Waals surface area contributed by atoms with Crippen molar-refractivity contribution in [3.63, 3.8) is 0 Å². The predicted octanol–water partition coefficient (Wildman–Crippen LogP) is 3.76. The van der Waals surface area contributed by atoms with E-state index in [0.29, 0.717) is 33.3 Å². The maximum Gasteiger partial charge on any atom is 0.255 e. The molecule has 2 aromatic carbocycles. The number of carbonyl (C=O) groups excluding carboxylic acids is 1. The Bertz CT molecular complexity index is 955. The summed E-state index contributed by atoms with van der Waals surface area (Å²) in [4.78, 5) is 12.6. The molecule has 0 aliphatic carbocycles. The minimum absolute atomic E-state index is 0.295. The molecule has 0 spiro atoms. The Kier molecular flexibility index (Phi) is 5.27. The molecule has 0 atom stereocenters. The van der Waals surface area contributed by atoms with Crippen molar-refractivity contribution >= 4 is 34.2 Å². The zero-order chi connectivity index (χ0) is 18.7. The lowest BCUT2D eigenvalue weighted by Gasteiger charge is -2.13. The summed E-state index contributed by atoms with van der Waals surface area (Å²) in [5.41, 5.74) is 2.49. The summed E-state index contributed by atoms with van der Waals surface area (Å²) in [6.45, 7) is 2.85. The molecule has 8 heteroatoms. The topological polar surface area (TPSA) is 78.3 Å². The number of nitrogens with zero attached hydrogens (tertiary/aromatic N) is 3. The first-order chi connectivity index (χ1) is 12.6. The van der Waals surface area contributed by atoms with Gasteiger partial charge in [0.1, 0.15) is 17.0 Å². The van der Waals surface area contributed by atoms with Gasteiger partial charge in [-0.15, -0.1) is 5.10 Å². The Balaban J connectivity index is 1.88. The van der Waals surface area contributed by atoms with Gasteiger partial charge in [-0.2, -0.15) is 0 Å². The number of amides is 1. The summed E-state index contributed by atoms with van der Waals surface area (Å²) in [6, 6.07) is 8.51. The molecule has 0 bridgehead atoms. The van der Waals surface area contributed by atoms with Gasteiger partial charge in [-0.05, 0) is 30.7 Å². The summed E-state index contributed by atoms with van der Waals surface area (Å²) in [7, 11) is 3.02. The van der Waals surface area contributed by atoms with Crippen molar-refractivity contribution in [3.8, 4) is 11.5 Å². The number of rotatable bonds is 6. The zero-order valence-electron chi connectivity index (χ0n) is 14.7. The molecular weight excluding hydrogens is 356 g/mol. The number of hydrogen-bond donors (Lipinski definition) is 1. The number of carbonyl (C=O) groups is 1. The van der Waals surface area contributed by atoms with Crippen LogP contribution in [0, 0.1) is 0 Å². The SMILES string of the molecule is CCCn1nnc2cc(C(=O)Nc3cc(Cl)c(OC)cc3OC)ccc21. The molecule has 1 heterocycles. The van der Waals surface area contributed by atoms with Crippen LogP contribution in [0.1, 0.15) is 23.7 Å². The van der Waals surface area contributed by atoms with Crippen LogP contribution >= 0.6 is 11.6 Å². The Morgan fingerprint density at radius 2 is 1.96 bits per heavy atom. The van der Waals surface area contributed by atoms with Crippen LogP contribution in [-0.4, -0.2) is 35.1 Å². The summed E-state index contributed by atoms with van der Waals surface area (Å²) in [5.74, 6) is 0.626. The van der Waals surface area contributed by atoms with Crippen LogP contribution in [0.2, 0.25) is 5.02 Å². The molecule has 7 nitrogen and oxygen atoms in total. The highest BCUT2D eigenvalue weighted by atomic mass is 35.5. The highest BCUT2D eigenvalue weighted by Crippen LogP contribution is 2.36. The molecule has 0 fully saturated rings. The summed E-state index contributed by atoms with van der Waals surface area (Å²) in [5, 5.41) is 11.4. The lowest BCUT2D eigenvalue weighted by Crippen LogP contribution is -2.13. The third kappa shape index (κ3) is 3.43. The summed E-state index contributed by atoms with van der Waals surface area (Å²) < 4.78 is 12.3. The number of benzene rings is 2. The van der Waals surface area contributed by atoms with Crippen molar-refractivity contribution in [1.82, 2.24) is 15.0 Å². The molecule has 0 aliphatic rings. The largest absolute Gasteiger partial charge is 0.495 e. The number of methoxy groups -OCH3 is 2. The van der Waals surface area contributed by atoms with E-state index in [9.17, 15) is 4.79 Å². The molecule has 26 heavy (non-hydrogen) atoms. The van der Waals surface area contributed by atoms with E-state index in [1.807, 2.05) is 10.7 Å². The van der Waals surface area contributed by atoms with Gasteiger partial charge in [0.25, 0.3) is 5.91 Å². The smallest absolute Gasteiger partial charge is 0.255 e. The van der Waals surface area contributed by atoms with Crippen LogP contribution in [0.15, 0.2) is 30.3 Å². The third-order valence-corrected chi connectivity index (χ3v) is 4.23. The second kappa shape index (κ2) is 7.61. The second-order valence-corrected chi connectivity index (χ2v) is 6.06. The van der Waals surface area contributed by atoms with Gasteiger partial charge in [-0.1, -0.05) is 23.7 Å². The van der Waals surface area contributed by atoms with Crippen molar-refractivity contribution in [2.24, 2.45) is 0 Å². The lowest BCUT2D eigenvalue weighted by atomic mass is 10.1. The maximum atomic E-state index is 12.6. The molecule has 1 aromatic heterocycles. The second-order valence-electron chi connectivity index (χ2n) is 5.66. The molecule has 136 valence electrons. The Labute approximate surface area is 155 Å². The van der Waals surface area contributed by atoms with Crippen LogP contribution in [0.4, 0.5) is 5.69 Å². The van der Waals surface area contributed by atoms with Crippen molar-refractivity contribution in [2.45, 2.75) is 19.9 Å². The average molecular weight is 375 g/mol. The number of aromatic nitrogens is 3. The van der Waals surface area contributed by atoms with Crippen LogP contribution in [0.25, 0.3) is 11.0 Å². The predicted molar refractivity (Wildman–Crippen MR) is 100 cm³/mol. The Morgan fingerprint density at radius 3 is 2.65 bits per heavy atom. The molecule has 0 aliphatic heterocycles. The molecule has 0 saturated carbocycles. The molecular formula is C18H19ClN4O3. The van der Waals surface area contributed by atoms with Gasteiger partial charge < -0.3 is 14.8 Å². The monoisotopic (exact) mass is 374 g/mol.